The number of ketones is 4. The van der Waals surface area contributed by atoms with E-state index in [4.69, 9.17) is 19.9 Å². The molecule has 4 rings (SSSR count). The zero-order valence-electron chi connectivity index (χ0n) is 61.6. The Morgan fingerprint density at radius 3 is 1.96 bits per heavy atom. The van der Waals surface area contributed by atoms with E-state index >= 15 is 0 Å². The summed E-state index contributed by atoms with van der Waals surface area (Å²) in [6.45, 7) is 21.7. The first kappa shape index (κ1) is 85.6. The van der Waals surface area contributed by atoms with Crippen LogP contribution in [0, 0.1) is 47.3 Å². The van der Waals surface area contributed by atoms with Crippen LogP contribution in [0.1, 0.15) is 183 Å². The van der Waals surface area contributed by atoms with E-state index in [1.807, 2.05) is 90.9 Å². The maximum atomic E-state index is 13.7. The average Bonchev–Trinajstić information content (AvgIpc) is 1.63. The number of thioether (sulfide) groups is 1. The van der Waals surface area contributed by atoms with Crippen molar-refractivity contribution in [2.75, 3.05) is 66.6 Å². The number of likely N-dealkylation sites (N-methyl/N-ethyl adjacent to an activating group) is 2. The molecule has 550 valence electrons. The van der Waals surface area contributed by atoms with Crippen LogP contribution < -0.4 is 21.7 Å². The Morgan fingerprint density at radius 2 is 1.42 bits per heavy atom. The lowest BCUT2D eigenvalue weighted by Crippen LogP contribution is -2.51. The number of aliphatic hydroxyl groups excluding tert-OH is 1. The first-order valence-corrected chi connectivity index (χ1v) is 36.4. The van der Waals surface area contributed by atoms with Crippen LogP contribution >= 0.6 is 11.8 Å². The van der Waals surface area contributed by atoms with Crippen LogP contribution in [0.15, 0.2) is 54.6 Å². The molecular weight excluding hydrogens is 1270 g/mol. The van der Waals surface area contributed by atoms with Crippen molar-refractivity contribution < 1.29 is 72.1 Å². The predicted molar refractivity (Wildman–Crippen MR) is 381 cm³/mol. The first-order chi connectivity index (χ1) is 46.2. The number of methoxy groups -OCH3 is 2. The number of amides is 8. The molecular formula is C74H118N8O15S. The van der Waals surface area contributed by atoms with Crippen LogP contribution in [0.2, 0.25) is 0 Å². The van der Waals surface area contributed by atoms with E-state index in [0.29, 0.717) is 62.4 Å². The average molecular weight is 1390 g/mol. The van der Waals surface area contributed by atoms with Gasteiger partial charge in [-0.05, 0) is 119 Å². The topological polar surface area (TPSA) is 311 Å². The smallest absolute Gasteiger partial charge is 0.410 e. The minimum Gasteiger partial charge on any atom is -0.445 e. The zero-order chi connectivity index (χ0) is 73.7. The number of nitrogens with one attached hydrogen (secondary N) is 3. The number of benzene rings is 2. The summed E-state index contributed by atoms with van der Waals surface area (Å²) in [5.41, 5.74) is 7.06. The number of nitrogens with zero attached hydrogens (tertiary/aromatic N) is 4. The van der Waals surface area contributed by atoms with Gasteiger partial charge in [0, 0.05) is 102 Å². The number of rotatable bonds is 42. The molecule has 2 heterocycles. The molecule has 0 aliphatic carbocycles. The van der Waals surface area contributed by atoms with Crippen LogP contribution in [0.3, 0.4) is 0 Å². The molecule has 2 saturated heterocycles. The number of anilines is 1. The SMILES string of the molecule is CC[C@H](C)[C@@H]([C@@H](CC(=O)N1CCC[C@H]1[C@H](OC)[C@@H](C)C(=O)C[C@H](C)[C@@H](O)c1ccccc1)OC)N(C)C.CSC1CC(=O)N(CCCCCC(=O)N[C@H](C(=O)C[C@@H](CCCNC(N)=O)C(=O)Nc2ccc(COC(=O)N(C)[C@H](C(=O)C[C@H](C(C)=O)C(C)C)C(C)C)cc2)C(C)C)C1=O. The Kier molecular flexibility index (Phi) is 37.7. The van der Waals surface area contributed by atoms with Crippen molar-refractivity contribution in [2.24, 2.45) is 53.1 Å². The minimum absolute atomic E-state index is 0.0209. The molecule has 1 unspecified atom stereocenters. The minimum atomic E-state index is -0.845. The first-order valence-electron chi connectivity index (χ1n) is 35.1. The summed E-state index contributed by atoms with van der Waals surface area (Å²) in [7, 11) is 8.88. The number of nitrogens with two attached hydrogens (primary N) is 1. The normalized spacial score (nSPS) is 18.1. The fraction of sp³-hybridized carbons (Fsp3) is 0.689. The van der Waals surface area contributed by atoms with E-state index in [1.54, 1.807) is 58.6 Å². The van der Waals surface area contributed by atoms with Crippen LogP contribution in [0.5, 0.6) is 0 Å². The Morgan fingerprint density at radius 1 is 0.765 bits per heavy atom. The van der Waals surface area contributed by atoms with Crippen molar-refractivity contribution in [1.82, 2.24) is 30.2 Å². The van der Waals surface area contributed by atoms with E-state index in [9.17, 15) is 57.8 Å². The highest BCUT2D eigenvalue weighted by atomic mass is 32.2. The quantitative estimate of drug-likeness (QED) is 0.0305. The number of hydrogen-bond acceptors (Lipinski definition) is 17. The van der Waals surface area contributed by atoms with Crippen LogP contribution in [0.4, 0.5) is 15.3 Å². The Hall–Kier alpha value is -6.60. The summed E-state index contributed by atoms with van der Waals surface area (Å²) in [6, 6.07) is 13.7. The summed E-state index contributed by atoms with van der Waals surface area (Å²) >= 11 is 1.36. The summed E-state index contributed by atoms with van der Waals surface area (Å²) in [4.78, 5) is 148. The summed E-state index contributed by atoms with van der Waals surface area (Å²) in [5.74, 6) is -3.56. The van der Waals surface area contributed by atoms with Crippen molar-refractivity contribution >= 4 is 82.2 Å². The molecule has 98 heavy (non-hydrogen) atoms. The summed E-state index contributed by atoms with van der Waals surface area (Å²) in [6.07, 6.45) is 5.58. The lowest BCUT2D eigenvalue weighted by atomic mass is 9.84. The van der Waals surface area contributed by atoms with E-state index in [-0.39, 0.29) is 158 Å². The van der Waals surface area contributed by atoms with E-state index < -0.39 is 48.1 Å². The highest BCUT2D eigenvalue weighted by Gasteiger charge is 2.43. The molecule has 24 heteroatoms. The second-order valence-electron chi connectivity index (χ2n) is 28.0. The number of ether oxygens (including phenoxy) is 3. The second-order valence-corrected chi connectivity index (χ2v) is 29.0. The van der Waals surface area contributed by atoms with Gasteiger partial charge >= 0.3 is 12.1 Å². The van der Waals surface area contributed by atoms with Gasteiger partial charge in [0.2, 0.25) is 29.5 Å². The Labute approximate surface area is 587 Å². The van der Waals surface area contributed by atoms with Gasteiger partial charge < -0.3 is 55.7 Å². The number of hydrogen-bond donors (Lipinski definition) is 5. The van der Waals surface area contributed by atoms with Gasteiger partial charge in [-0.25, -0.2) is 9.59 Å². The Balaban J connectivity index is 0.000000575. The third-order valence-electron chi connectivity index (χ3n) is 19.3. The molecule has 0 bridgehead atoms. The Bertz CT molecular complexity index is 2900. The van der Waals surface area contributed by atoms with Crippen molar-refractivity contribution in [1.29, 1.82) is 0 Å². The maximum absolute atomic E-state index is 13.7. The van der Waals surface area contributed by atoms with E-state index in [2.05, 4.69) is 34.7 Å². The summed E-state index contributed by atoms with van der Waals surface area (Å²) in [5, 5.41) is 18.6. The molecule has 13 atom stereocenters. The van der Waals surface area contributed by atoms with E-state index in [1.165, 1.54) is 35.5 Å². The van der Waals surface area contributed by atoms with Gasteiger partial charge in [-0.3, -0.25) is 48.1 Å². The van der Waals surface area contributed by atoms with Gasteiger partial charge in [0.15, 0.2) is 11.6 Å². The number of likely N-dealkylation sites (tertiary alicyclic amines) is 2. The lowest BCUT2D eigenvalue weighted by molar-refractivity contribution is -0.142. The molecule has 0 spiro atoms. The molecule has 2 aliphatic rings. The molecule has 2 aliphatic heterocycles. The lowest BCUT2D eigenvalue weighted by Gasteiger charge is -2.38. The number of unbranched alkanes of at least 4 members (excludes halogenated alkanes) is 2. The van der Waals surface area contributed by atoms with Gasteiger partial charge in [-0.1, -0.05) is 125 Å². The van der Waals surface area contributed by atoms with Crippen molar-refractivity contribution in [3.05, 3.63) is 65.7 Å². The third kappa shape index (κ3) is 26.8. The second kappa shape index (κ2) is 43.1. The maximum Gasteiger partial charge on any atom is 0.410 e. The monoisotopic (exact) mass is 1390 g/mol. The number of carbonyl (C=O) groups is 11. The van der Waals surface area contributed by atoms with Crippen LogP contribution in [0.25, 0.3) is 0 Å². The molecule has 2 fully saturated rings. The van der Waals surface area contributed by atoms with Crippen LogP contribution in [-0.4, -0.2) is 192 Å². The number of primary amides is 1. The molecule has 0 radical (unpaired) electrons. The third-order valence-corrected chi connectivity index (χ3v) is 20.2. The number of Topliss-reactive ketones (excluding diaryl/α,β-unsaturated/α-hetero) is 4. The molecule has 6 N–H and O–H groups in total. The molecule has 0 saturated carbocycles. The van der Waals surface area contributed by atoms with Crippen molar-refractivity contribution in [2.45, 2.75) is 220 Å². The van der Waals surface area contributed by atoms with Crippen molar-refractivity contribution in [3.63, 3.8) is 0 Å². The highest BCUT2D eigenvalue weighted by molar-refractivity contribution is 8.00. The van der Waals surface area contributed by atoms with Crippen LogP contribution in [-0.2, 0) is 64.0 Å². The molecule has 23 nitrogen and oxygen atoms in total. The number of imide groups is 1. The highest BCUT2D eigenvalue weighted by Crippen LogP contribution is 2.33. The fourth-order valence-corrected chi connectivity index (χ4v) is 14.1. The van der Waals surface area contributed by atoms with Crippen molar-refractivity contribution in [3.8, 4) is 0 Å². The van der Waals surface area contributed by atoms with Gasteiger partial charge in [0.05, 0.1) is 48.1 Å². The van der Waals surface area contributed by atoms with E-state index in [0.717, 1.165) is 24.8 Å². The predicted octanol–water partition coefficient (Wildman–Crippen LogP) is 9.59. The number of urea groups is 1. The van der Waals surface area contributed by atoms with Gasteiger partial charge in [-0.15, -0.1) is 0 Å². The van der Waals surface area contributed by atoms with Gasteiger partial charge in [0.25, 0.3) is 0 Å². The van der Waals surface area contributed by atoms with Gasteiger partial charge in [-0.2, -0.15) is 11.8 Å². The standard InChI is InChI=1S/C44H68N6O10S.C30H50N2O5/c1-26(2)33(29(7)51)23-35(53)40(28(5)6)49(8)44(59)60-25-30-16-18-32(19-17-30)47-41(56)31(14-13-20-46-43(45)58)22-34(52)39(27(3)4)48-37(54)15-11-10-12-21-50-38(55)24-36(61-9)42(50)57;1-9-20(2)28(31(5)6)26(36-7)19-27(34)32-17-13-16-24(32)30(37-8)22(4)25(33)18-21(3)29(35)23-14-11-10-12-15-23/h16-19,26-28,31,33,36,39-40H,10-15,20-25H2,1-9H3,(H,47,56)(H,48,54)(H3,45,46,58);10-12,14-15,20-22,24,26,28-30,35H,9,13,16-19H2,1-8H3/t31-,33+,36?,39+,40+;20-,21-,22-,24-,26+,28-,29+,30+/m10/s1. The fourth-order valence-electron chi connectivity index (χ4n) is 13.4. The largest absolute Gasteiger partial charge is 0.445 e. The van der Waals surface area contributed by atoms with Gasteiger partial charge in [0.1, 0.15) is 18.2 Å². The molecule has 2 aromatic carbocycles. The number of carbonyl (C=O) groups excluding carboxylic acids is 11. The molecule has 8 amide bonds. The molecule has 0 aromatic heterocycles. The molecule has 2 aromatic rings. The summed E-state index contributed by atoms with van der Waals surface area (Å²) < 4.78 is 17.2. The number of aliphatic hydroxyl groups is 1. The zero-order valence-corrected chi connectivity index (χ0v) is 62.4.